The van der Waals surface area contributed by atoms with Crippen LogP contribution in [0.4, 0.5) is 0 Å². The standard InChI is InChI=1S/C14H20N2O4/c1-9-7-10(2)20-13(9)11(3)15-16-12(17)8-14(4)18-5-6-19-14/h7H,5-6,8H2,1-4H3,(H,16,17). The van der Waals surface area contributed by atoms with Crippen molar-refractivity contribution in [1.29, 1.82) is 0 Å². The van der Waals surface area contributed by atoms with Crippen LogP contribution in [0.15, 0.2) is 15.6 Å². The fourth-order valence-electron chi connectivity index (χ4n) is 2.19. The van der Waals surface area contributed by atoms with Crippen molar-refractivity contribution in [1.82, 2.24) is 5.43 Å². The molecule has 1 saturated heterocycles. The summed E-state index contributed by atoms with van der Waals surface area (Å²) in [5, 5.41) is 4.05. The highest BCUT2D eigenvalue weighted by atomic mass is 16.7. The van der Waals surface area contributed by atoms with Crippen LogP contribution in [0, 0.1) is 13.8 Å². The molecule has 2 rings (SSSR count). The van der Waals surface area contributed by atoms with Gasteiger partial charge < -0.3 is 13.9 Å². The van der Waals surface area contributed by atoms with Crippen molar-refractivity contribution < 1.29 is 18.7 Å². The van der Waals surface area contributed by atoms with E-state index >= 15 is 0 Å². The smallest absolute Gasteiger partial charge is 0.245 e. The third-order valence-electron chi connectivity index (χ3n) is 3.10. The van der Waals surface area contributed by atoms with Crippen LogP contribution in [0.5, 0.6) is 0 Å². The third-order valence-corrected chi connectivity index (χ3v) is 3.10. The first-order valence-corrected chi connectivity index (χ1v) is 6.58. The maximum Gasteiger partial charge on any atom is 0.245 e. The second-order valence-electron chi connectivity index (χ2n) is 5.11. The zero-order chi connectivity index (χ0) is 14.8. The summed E-state index contributed by atoms with van der Waals surface area (Å²) in [4.78, 5) is 11.8. The number of nitrogens with zero attached hydrogens (tertiary/aromatic N) is 1. The number of hydrazone groups is 1. The van der Waals surface area contributed by atoms with Crippen molar-refractivity contribution in [3.8, 4) is 0 Å². The van der Waals surface area contributed by atoms with Crippen LogP contribution in [0.3, 0.4) is 0 Å². The van der Waals surface area contributed by atoms with E-state index in [1.165, 1.54) is 0 Å². The Balaban J connectivity index is 1.94. The molecule has 1 N–H and O–H groups in total. The van der Waals surface area contributed by atoms with Crippen LogP contribution in [0.25, 0.3) is 0 Å². The molecule has 1 aliphatic heterocycles. The van der Waals surface area contributed by atoms with Crippen LogP contribution in [0.1, 0.15) is 37.4 Å². The number of ether oxygens (including phenoxy) is 2. The summed E-state index contributed by atoms with van der Waals surface area (Å²) >= 11 is 0. The Morgan fingerprint density at radius 3 is 2.60 bits per heavy atom. The number of carbonyl (C=O) groups excluding carboxylic acids is 1. The van der Waals surface area contributed by atoms with Gasteiger partial charge in [-0.1, -0.05) is 0 Å². The lowest BCUT2D eigenvalue weighted by Crippen LogP contribution is -2.33. The number of furan rings is 1. The summed E-state index contributed by atoms with van der Waals surface area (Å²) < 4.78 is 16.3. The van der Waals surface area contributed by atoms with Gasteiger partial charge in [0.05, 0.1) is 19.6 Å². The largest absolute Gasteiger partial charge is 0.460 e. The highest BCUT2D eigenvalue weighted by molar-refractivity contribution is 5.98. The fraction of sp³-hybridized carbons (Fsp3) is 0.571. The van der Waals surface area contributed by atoms with Gasteiger partial charge in [-0.2, -0.15) is 5.10 Å². The summed E-state index contributed by atoms with van der Waals surface area (Å²) in [6.07, 6.45) is 0.111. The first-order chi connectivity index (χ1) is 9.39. The normalized spacial score (nSPS) is 18.3. The SMILES string of the molecule is CC(=NNC(=O)CC1(C)OCCO1)c1oc(C)cc1C. The second-order valence-corrected chi connectivity index (χ2v) is 5.11. The lowest BCUT2D eigenvalue weighted by atomic mass is 10.2. The molecule has 1 aromatic rings. The van der Waals surface area contributed by atoms with Gasteiger partial charge in [-0.05, 0) is 39.3 Å². The molecule has 6 nitrogen and oxygen atoms in total. The molecule has 0 aliphatic carbocycles. The average molecular weight is 280 g/mol. The van der Waals surface area contributed by atoms with Crippen molar-refractivity contribution >= 4 is 11.6 Å². The summed E-state index contributed by atoms with van der Waals surface area (Å²) in [5.41, 5.74) is 4.12. The van der Waals surface area contributed by atoms with Gasteiger partial charge in [0.2, 0.25) is 5.91 Å². The van der Waals surface area contributed by atoms with E-state index in [9.17, 15) is 4.79 Å². The van der Waals surface area contributed by atoms with E-state index in [1.54, 1.807) is 13.8 Å². The van der Waals surface area contributed by atoms with Gasteiger partial charge in [-0.25, -0.2) is 5.43 Å². The monoisotopic (exact) mass is 280 g/mol. The van der Waals surface area contributed by atoms with E-state index in [2.05, 4.69) is 10.5 Å². The number of hydrogen-bond donors (Lipinski definition) is 1. The predicted octanol–water partition coefficient (Wildman–Crippen LogP) is 1.89. The molecule has 20 heavy (non-hydrogen) atoms. The summed E-state index contributed by atoms with van der Waals surface area (Å²) in [5.74, 6) is 0.403. The molecule has 1 aliphatic rings. The average Bonchev–Trinajstić information content (AvgIpc) is 2.92. The molecule has 0 radical (unpaired) electrons. The minimum atomic E-state index is -0.843. The number of aryl methyl sites for hydroxylation is 2. The Morgan fingerprint density at radius 2 is 2.05 bits per heavy atom. The Morgan fingerprint density at radius 1 is 1.40 bits per heavy atom. The first-order valence-electron chi connectivity index (χ1n) is 6.58. The highest BCUT2D eigenvalue weighted by Crippen LogP contribution is 2.22. The van der Waals surface area contributed by atoms with Gasteiger partial charge in [0.1, 0.15) is 11.5 Å². The lowest BCUT2D eigenvalue weighted by molar-refractivity contribution is -0.159. The van der Waals surface area contributed by atoms with E-state index in [1.807, 2.05) is 19.9 Å². The van der Waals surface area contributed by atoms with Crippen LogP contribution in [-0.2, 0) is 14.3 Å². The van der Waals surface area contributed by atoms with Crippen molar-refractivity contribution in [3.63, 3.8) is 0 Å². The Hall–Kier alpha value is -1.66. The van der Waals surface area contributed by atoms with E-state index in [4.69, 9.17) is 13.9 Å². The molecular weight excluding hydrogens is 260 g/mol. The van der Waals surface area contributed by atoms with Gasteiger partial charge in [0.15, 0.2) is 11.5 Å². The molecule has 0 atom stereocenters. The van der Waals surface area contributed by atoms with E-state index in [-0.39, 0.29) is 12.3 Å². The molecule has 0 unspecified atom stereocenters. The summed E-state index contributed by atoms with van der Waals surface area (Å²) in [7, 11) is 0. The zero-order valence-corrected chi connectivity index (χ0v) is 12.3. The van der Waals surface area contributed by atoms with Crippen molar-refractivity contribution in [3.05, 3.63) is 23.2 Å². The molecule has 110 valence electrons. The predicted molar refractivity (Wildman–Crippen MR) is 73.5 cm³/mol. The zero-order valence-electron chi connectivity index (χ0n) is 12.3. The minimum absolute atomic E-state index is 0.111. The highest BCUT2D eigenvalue weighted by Gasteiger charge is 2.33. The van der Waals surface area contributed by atoms with Crippen LogP contribution in [0.2, 0.25) is 0 Å². The number of rotatable bonds is 4. The quantitative estimate of drug-likeness (QED) is 0.675. The topological polar surface area (TPSA) is 73.1 Å². The molecule has 0 saturated carbocycles. The molecular formula is C14H20N2O4. The molecule has 2 heterocycles. The van der Waals surface area contributed by atoms with Gasteiger partial charge in [0, 0.05) is 0 Å². The molecule has 1 aromatic heterocycles. The van der Waals surface area contributed by atoms with Gasteiger partial charge in [-0.3, -0.25) is 4.79 Å². The Labute approximate surface area is 118 Å². The molecule has 1 fully saturated rings. The van der Waals surface area contributed by atoms with Crippen LogP contribution >= 0.6 is 0 Å². The summed E-state index contributed by atoms with van der Waals surface area (Å²) in [6, 6.07) is 1.93. The molecule has 0 bridgehead atoms. The maximum absolute atomic E-state index is 11.8. The van der Waals surface area contributed by atoms with Crippen molar-refractivity contribution in [2.45, 2.75) is 39.9 Å². The molecule has 0 aromatic carbocycles. The third kappa shape index (κ3) is 3.46. The minimum Gasteiger partial charge on any atom is -0.460 e. The number of nitrogens with one attached hydrogen (secondary N) is 1. The molecule has 0 spiro atoms. The molecule has 1 amide bonds. The Bertz CT molecular complexity index is 527. The van der Waals surface area contributed by atoms with E-state index in [0.717, 1.165) is 11.3 Å². The lowest BCUT2D eigenvalue weighted by Gasteiger charge is -2.20. The van der Waals surface area contributed by atoms with Crippen LogP contribution in [-0.4, -0.2) is 30.6 Å². The van der Waals surface area contributed by atoms with E-state index in [0.29, 0.717) is 24.7 Å². The number of carbonyl (C=O) groups is 1. The van der Waals surface area contributed by atoms with Crippen LogP contribution < -0.4 is 5.43 Å². The van der Waals surface area contributed by atoms with E-state index < -0.39 is 5.79 Å². The molecule has 6 heteroatoms. The first kappa shape index (κ1) is 14.7. The summed E-state index contributed by atoms with van der Waals surface area (Å²) in [6.45, 7) is 8.37. The van der Waals surface area contributed by atoms with Gasteiger partial charge in [-0.15, -0.1) is 0 Å². The van der Waals surface area contributed by atoms with Gasteiger partial charge >= 0.3 is 0 Å². The van der Waals surface area contributed by atoms with Crippen molar-refractivity contribution in [2.24, 2.45) is 5.10 Å². The number of amides is 1. The Kier molecular flexibility index (Phi) is 4.25. The number of hydrogen-bond acceptors (Lipinski definition) is 5. The maximum atomic E-state index is 11.8. The van der Waals surface area contributed by atoms with Crippen molar-refractivity contribution in [2.75, 3.05) is 13.2 Å². The second kappa shape index (κ2) is 5.76. The fourth-order valence-corrected chi connectivity index (χ4v) is 2.19. The van der Waals surface area contributed by atoms with Gasteiger partial charge in [0.25, 0.3) is 0 Å².